The largest absolute Gasteiger partial charge is 0.494 e. The minimum absolute atomic E-state index is 0.0986. The zero-order chi connectivity index (χ0) is 22.8. The fourth-order valence-corrected chi connectivity index (χ4v) is 4.04. The first-order valence-corrected chi connectivity index (χ1v) is 11.0. The second-order valence-corrected chi connectivity index (χ2v) is 7.89. The molecule has 164 valence electrons. The van der Waals surface area contributed by atoms with Gasteiger partial charge in [0.25, 0.3) is 0 Å². The highest BCUT2D eigenvalue weighted by Gasteiger charge is 2.15. The lowest BCUT2D eigenvalue weighted by atomic mass is 10.1. The van der Waals surface area contributed by atoms with Gasteiger partial charge in [0.1, 0.15) is 23.2 Å². The van der Waals surface area contributed by atoms with E-state index in [1.54, 1.807) is 17.8 Å². The first kappa shape index (κ1) is 20.9. The number of ether oxygens (including phenoxy) is 1. The van der Waals surface area contributed by atoms with Crippen molar-refractivity contribution < 1.29 is 13.5 Å². The van der Waals surface area contributed by atoms with E-state index in [-0.39, 0.29) is 5.56 Å². The van der Waals surface area contributed by atoms with Crippen LogP contribution < -0.4 is 10.1 Å². The topological polar surface area (TPSA) is 72.8 Å². The Labute approximate surface area is 192 Å². The van der Waals surface area contributed by atoms with Crippen LogP contribution in [0.4, 0.5) is 19.7 Å². The molecule has 3 heterocycles. The Bertz CT molecular complexity index is 1440. The highest BCUT2D eigenvalue weighted by molar-refractivity contribution is 7.14. The van der Waals surface area contributed by atoms with Crippen molar-refractivity contribution in [2.45, 2.75) is 6.92 Å². The quantitative estimate of drug-likeness (QED) is 0.323. The molecule has 0 radical (unpaired) electrons. The Morgan fingerprint density at radius 2 is 1.94 bits per heavy atom. The Kier molecular flexibility index (Phi) is 5.62. The molecule has 0 saturated carbocycles. The smallest absolute Gasteiger partial charge is 0.188 e. The van der Waals surface area contributed by atoms with Crippen molar-refractivity contribution in [2.24, 2.45) is 0 Å². The molecule has 0 fully saturated rings. The third-order valence-electron chi connectivity index (χ3n) is 4.83. The standard InChI is InChI=1S/C24H17F2N5OS/c1-2-32-16-6-8-20-18(11-16)23(30-22(28-20)14-4-3-9-27-12-14)31-24-29-21(13-33-24)17-10-15(25)5-7-19(17)26/h3-13H,2H2,1H3,(H,28,29,30,31). The van der Waals surface area contributed by atoms with Crippen molar-refractivity contribution in [1.82, 2.24) is 19.9 Å². The molecule has 0 aliphatic heterocycles. The fraction of sp³-hybridized carbons (Fsp3) is 0.0833. The van der Waals surface area contributed by atoms with Crippen LogP contribution in [0.15, 0.2) is 66.3 Å². The zero-order valence-electron chi connectivity index (χ0n) is 17.4. The summed E-state index contributed by atoms with van der Waals surface area (Å²) in [5.74, 6) is 0.630. The molecule has 0 atom stereocenters. The molecule has 0 amide bonds. The summed E-state index contributed by atoms with van der Waals surface area (Å²) in [6, 6.07) is 12.6. The summed E-state index contributed by atoms with van der Waals surface area (Å²) in [5, 5.41) is 6.10. The van der Waals surface area contributed by atoms with Crippen LogP contribution in [0.3, 0.4) is 0 Å². The Morgan fingerprint density at radius 3 is 2.76 bits per heavy atom. The summed E-state index contributed by atoms with van der Waals surface area (Å²) in [5.41, 5.74) is 1.91. The van der Waals surface area contributed by atoms with Crippen molar-refractivity contribution in [2.75, 3.05) is 11.9 Å². The molecule has 5 aromatic rings. The normalized spacial score (nSPS) is 11.0. The van der Waals surface area contributed by atoms with Gasteiger partial charge in [0, 0.05) is 34.3 Å². The number of nitrogens with one attached hydrogen (secondary N) is 1. The summed E-state index contributed by atoms with van der Waals surface area (Å²) in [6.07, 6.45) is 3.37. The van der Waals surface area contributed by atoms with Gasteiger partial charge in [-0.1, -0.05) is 0 Å². The lowest BCUT2D eigenvalue weighted by molar-refractivity contribution is 0.340. The number of hydrogen-bond acceptors (Lipinski definition) is 7. The molecule has 0 unspecified atom stereocenters. The molecule has 6 nitrogen and oxygen atoms in total. The maximum atomic E-state index is 14.2. The van der Waals surface area contributed by atoms with E-state index in [1.807, 2.05) is 37.3 Å². The zero-order valence-corrected chi connectivity index (χ0v) is 18.2. The highest BCUT2D eigenvalue weighted by atomic mass is 32.1. The van der Waals surface area contributed by atoms with Crippen LogP contribution in [0, 0.1) is 11.6 Å². The summed E-state index contributed by atoms with van der Waals surface area (Å²) in [4.78, 5) is 18.0. The van der Waals surface area contributed by atoms with Crippen LogP contribution >= 0.6 is 11.3 Å². The second kappa shape index (κ2) is 8.87. The average Bonchev–Trinajstić information content (AvgIpc) is 3.30. The first-order chi connectivity index (χ1) is 16.1. The molecule has 0 bridgehead atoms. The van der Waals surface area contributed by atoms with Gasteiger partial charge in [-0.05, 0) is 55.5 Å². The third-order valence-corrected chi connectivity index (χ3v) is 5.59. The van der Waals surface area contributed by atoms with Gasteiger partial charge >= 0.3 is 0 Å². The van der Waals surface area contributed by atoms with Crippen molar-refractivity contribution >= 4 is 33.2 Å². The van der Waals surface area contributed by atoms with Gasteiger partial charge in [-0.25, -0.2) is 23.7 Å². The van der Waals surface area contributed by atoms with Crippen molar-refractivity contribution in [3.63, 3.8) is 0 Å². The highest BCUT2D eigenvalue weighted by Crippen LogP contribution is 2.33. The van der Waals surface area contributed by atoms with Gasteiger partial charge in [0.2, 0.25) is 0 Å². The van der Waals surface area contributed by atoms with E-state index >= 15 is 0 Å². The van der Waals surface area contributed by atoms with Crippen LogP contribution in [0.5, 0.6) is 5.75 Å². The number of halogens is 2. The molecular formula is C24H17F2N5OS. The average molecular weight is 461 g/mol. The Balaban J connectivity index is 1.58. The summed E-state index contributed by atoms with van der Waals surface area (Å²) in [7, 11) is 0. The number of aromatic nitrogens is 4. The van der Waals surface area contributed by atoms with E-state index in [1.165, 1.54) is 11.3 Å². The summed E-state index contributed by atoms with van der Waals surface area (Å²) >= 11 is 1.26. The van der Waals surface area contributed by atoms with E-state index in [2.05, 4.69) is 20.3 Å². The predicted octanol–water partition coefficient (Wildman–Crippen LogP) is 6.24. The van der Waals surface area contributed by atoms with Crippen LogP contribution in [0.2, 0.25) is 0 Å². The molecule has 0 spiro atoms. The minimum Gasteiger partial charge on any atom is -0.494 e. The lowest BCUT2D eigenvalue weighted by Gasteiger charge is -2.11. The monoisotopic (exact) mass is 461 g/mol. The van der Waals surface area contributed by atoms with Crippen LogP contribution in [-0.2, 0) is 0 Å². The van der Waals surface area contributed by atoms with Gasteiger partial charge < -0.3 is 10.1 Å². The second-order valence-electron chi connectivity index (χ2n) is 7.04. The number of anilines is 2. The number of hydrogen-bond donors (Lipinski definition) is 1. The number of pyridine rings is 1. The van der Waals surface area contributed by atoms with E-state index < -0.39 is 11.6 Å². The fourth-order valence-electron chi connectivity index (χ4n) is 3.33. The SMILES string of the molecule is CCOc1ccc2nc(-c3cccnc3)nc(Nc3nc(-c4cc(F)ccc4F)cs3)c2c1. The molecule has 0 saturated heterocycles. The summed E-state index contributed by atoms with van der Waals surface area (Å²) in [6.45, 7) is 2.44. The van der Waals surface area contributed by atoms with Crippen molar-refractivity contribution in [3.8, 4) is 28.4 Å². The number of rotatable bonds is 6. The van der Waals surface area contributed by atoms with Gasteiger partial charge in [0.05, 0.1) is 17.8 Å². The molecule has 0 aliphatic carbocycles. The maximum absolute atomic E-state index is 14.2. The van der Waals surface area contributed by atoms with Crippen LogP contribution in [-0.4, -0.2) is 26.5 Å². The Hall–Kier alpha value is -3.98. The first-order valence-electron chi connectivity index (χ1n) is 10.1. The van der Waals surface area contributed by atoms with E-state index in [0.717, 1.165) is 29.1 Å². The van der Waals surface area contributed by atoms with Crippen LogP contribution in [0.25, 0.3) is 33.5 Å². The molecule has 0 aliphatic rings. The molecule has 5 rings (SSSR count). The van der Waals surface area contributed by atoms with Gasteiger partial charge in [0.15, 0.2) is 11.0 Å². The van der Waals surface area contributed by atoms with E-state index in [0.29, 0.717) is 40.3 Å². The molecule has 3 aromatic heterocycles. The van der Waals surface area contributed by atoms with Gasteiger partial charge in [-0.2, -0.15) is 0 Å². The molecular weight excluding hydrogens is 444 g/mol. The molecule has 9 heteroatoms. The minimum atomic E-state index is -0.541. The summed E-state index contributed by atoms with van der Waals surface area (Å²) < 4.78 is 33.5. The molecule has 33 heavy (non-hydrogen) atoms. The van der Waals surface area contributed by atoms with Gasteiger partial charge in [-0.15, -0.1) is 11.3 Å². The van der Waals surface area contributed by atoms with Crippen molar-refractivity contribution in [1.29, 1.82) is 0 Å². The number of fused-ring (bicyclic) bond motifs is 1. The van der Waals surface area contributed by atoms with E-state index in [9.17, 15) is 8.78 Å². The molecule has 1 N–H and O–H groups in total. The van der Waals surface area contributed by atoms with Crippen LogP contribution in [0.1, 0.15) is 6.92 Å². The predicted molar refractivity (Wildman–Crippen MR) is 125 cm³/mol. The lowest BCUT2D eigenvalue weighted by Crippen LogP contribution is -2.00. The Morgan fingerprint density at radius 1 is 1.03 bits per heavy atom. The van der Waals surface area contributed by atoms with Crippen molar-refractivity contribution in [3.05, 3.63) is 77.9 Å². The third kappa shape index (κ3) is 4.35. The number of nitrogens with zero attached hydrogens (tertiary/aromatic N) is 4. The number of benzene rings is 2. The van der Waals surface area contributed by atoms with Gasteiger partial charge in [-0.3, -0.25) is 4.98 Å². The maximum Gasteiger partial charge on any atom is 0.188 e. The van der Waals surface area contributed by atoms with E-state index in [4.69, 9.17) is 9.72 Å². The molecule has 2 aromatic carbocycles. The number of thiazole rings is 1.